The van der Waals surface area contributed by atoms with Crippen molar-refractivity contribution in [3.05, 3.63) is 10.1 Å². The van der Waals surface area contributed by atoms with E-state index >= 15 is 0 Å². The van der Waals surface area contributed by atoms with Gasteiger partial charge in [-0.05, 0) is 25.9 Å². The van der Waals surface area contributed by atoms with Crippen LogP contribution in [0.1, 0.15) is 26.7 Å². The molecule has 0 heterocycles. The Morgan fingerprint density at radius 1 is 1.36 bits per heavy atom. The molecule has 0 aliphatic carbocycles. The van der Waals surface area contributed by atoms with Crippen molar-refractivity contribution < 1.29 is 10.3 Å². The Labute approximate surface area is 66.5 Å². The van der Waals surface area contributed by atoms with Crippen LogP contribution in [0.2, 0.25) is 0 Å². The van der Waals surface area contributed by atoms with Gasteiger partial charge in [0.2, 0.25) is 0 Å². The van der Waals surface area contributed by atoms with Crippen molar-refractivity contribution >= 4 is 0 Å². The highest BCUT2D eigenvalue weighted by Gasteiger charge is 1.76. The van der Waals surface area contributed by atoms with E-state index in [1.807, 2.05) is 0 Å². The fourth-order valence-corrected chi connectivity index (χ4v) is 0.479. The van der Waals surface area contributed by atoms with Gasteiger partial charge in [0.25, 0.3) is 5.09 Å². The molecule has 0 unspecified atom stereocenters. The zero-order valence-corrected chi connectivity index (χ0v) is 7.04. The molecule has 0 saturated heterocycles. The highest BCUT2D eigenvalue weighted by Crippen LogP contribution is 1.71. The third kappa shape index (κ3) is 47.0. The molecule has 5 heteroatoms. The van der Waals surface area contributed by atoms with Crippen molar-refractivity contribution in [2.45, 2.75) is 26.7 Å². The van der Waals surface area contributed by atoms with Crippen LogP contribution in [0.3, 0.4) is 0 Å². The summed E-state index contributed by atoms with van der Waals surface area (Å²) in [6.07, 6.45) is 2.50. The average molecular weight is 164 g/mol. The summed E-state index contributed by atoms with van der Waals surface area (Å²) in [5.41, 5.74) is 0. The number of rotatable bonds is 4. The van der Waals surface area contributed by atoms with Crippen LogP contribution in [-0.4, -0.2) is 23.4 Å². The highest BCUT2D eigenvalue weighted by atomic mass is 16.9. The molecule has 68 valence electrons. The van der Waals surface area contributed by atoms with Crippen LogP contribution in [0.15, 0.2) is 0 Å². The summed E-state index contributed by atoms with van der Waals surface area (Å²) in [7, 11) is 0. The van der Waals surface area contributed by atoms with E-state index in [0.717, 1.165) is 0 Å². The van der Waals surface area contributed by atoms with Crippen LogP contribution in [0.25, 0.3) is 0 Å². The molecule has 0 atom stereocenters. The van der Waals surface area contributed by atoms with E-state index in [0.29, 0.717) is 0 Å². The van der Waals surface area contributed by atoms with Crippen molar-refractivity contribution in [2.75, 3.05) is 13.1 Å². The van der Waals surface area contributed by atoms with Gasteiger partial charge in [0, 0.05) is 0 Å². The fraction of sp³-hybridized carbons (Fsp3) is 1.00. The zero-order valence-electron chi connectivity index (χ0n) is 7.04. The van der Waals surface area contributed by atoms with Crippen LogP contribution in [0, 0.1) is 10.1 Å². The first kappa shape index (κ1) is 12.8. The minimum absolute atomic E-state index is 1.17. The Kier molecular flexibility index (Phi) is 13.8. The highest BCUT2D eigenvalue weighted by molar-refractivity contribution is 4.39. The first-order valence-corrected chi connectivity index (χ1v) is 3.69. The van der Waals surface area contributed by atoms with Crippen molar-refractivity contribution in [2.24, 2.45) is 0 Å². The molecule has 0 fully saturated rings. The minimum atomic E-state index is -1.50. The molecule has 0 rings (SSSR count). The van der Waals surface area contributed by atoms with E-state index in [1.165, 1.54) is 25.9 Å². The van der Waals surface area contributed by atoms with Gasteiger partial charge in [0.05, 0.1) is 0 Å². The summed E-state index contributed by atoms with van der Waals surface area (Å²) in [6, 6.07) is 0. The van der Waals surface area contributed by atoms with Gasteiger partial charge in [0.15, 0.2) is 0 Å². The quantitative estimate of drug-likeness (QED) is 0.370. The Morgan fingerprint density at radius 2 is 1.64 bits per heavy atom. The molecule has 5 nitrogen and oxygen atoms in total. The number of hydrogen-bond acceptors (Lipinski definition) is 3. The standard InChI is InChI=1S/C6H15N.HNO3/c1-3-5-7-6-4-2;2-1(3)4/h7H,3-6H2,1-2H3;(H,2,3,4). The summed E-state index contributed by atoms with van der Waals surface area (Å²) >= 11 is 0. The lowest BCUT2D eigenvalue weighted by Crippen LogP contribution is -2.14. The van der Waals surface area contributed by atoms with Crippen LogP contribution in [0.5, 0.6) is 0 Å². The number of nitrogens with one attached hydrogen (secondary N) is 1. The molecule has 0 aromatic heterocycles. The molecule has 0 aromatic rings. The van der Waals surface area contributed by atoms with E-state index in [2.05, 4.69) is 19.2 Å². The summed E-state index contributed by atoms with van der Waals surface area (Å²) in [4.78, 5) is 8.36. The zero-order chi connectivity index (χ0) is 9.11. The van der Waals surface area contributed by atoms with Gasteiger partial charge in [0.1, 0.15) is 0 Å². The molecule has 0 aliphatic heterocycles. The van der Waals surface area contributed by atoms with E-state index in [9.17, 15) is 0 Å². The van der Waals surface area contributed by atoms with Gasteiger partial charge in [-0.15, -0.1) is 10.1 Å². The molecule has 0 saturated carbocycles. The number of hydrogen-bond donors (Lipinski definition) is 2. The van der Waals surface area contributed by atoms with E-state index in [4.69, 9.17) is 15.3 Å². The molecular formula is C6H16N2O3. The minimum Gasteiger partial charge on any atom is -0.328 e. The maximum atomic E-state index is 8.36. The second-order valence-corrected chi connectivity index (χ2v) is 1.99. The molecule has 11 heavy (non-hydrogen) atoms. The topological polar surface area (TPSA) is 75.4 Å². The van der Waals surface area contributed by atoms with Crippen molar-refractivity contribution in [3.8, 4) is 0 Å². The third-order valence-electron chi connectivity index (χ3n) is 0.854. The molecule has 0 aromatic carbocycles. The van der Waals surface area contributed by atoms with Crippen molar-refractivity contribution in [1.29, 1.82) is 0 Å². The normalized spacial score (nSPS) is 8.18. The van der Waals surface area contributed by atoms with Crippen LogP contribution >= 0.6 is 0 Å². The molecule has 2 N–H and O–H groups in total. The van der Waals surface area contributed by atoms with Crippen LogP contribution in [-0.2, 0) is 0 Å². The van der Waals surface area contributed by atoms with Crippen molar-refractivity contribution in [1.82, 2.24) is 5.32 Å². The summed E-state index contributed by atoms with van der Waals surface area (Å²) in [6.45, 7) is 6.72. The average Bonchev–Trinajstić information content (AvgIpc) is 1.88. The third-order valence-corrected chi connectivity index (χ3v) is 0.854. The van der Waals surface area contributed by atoms with E-state index in [1.54, 1.807) is 0 Å². The molecule has 0 bridgehead atoms. The van der Waals surface area contributed by atoms with Gasteiger partial charge in [-0.2, -0.15) is 0 Å². The smallest absolute Gasteiger partial charge is 0.291 e. The maximum absolute atomic E-state index is 8.36. The summed E-state index contributed by atoms with van der Waals surface area (Å²) < 4.78 is 0. The second-order valence-electron chi connectivity index (χ2n) is 1.99. The summed E-state index contributed by atoms with van der Waals surface area (Å²) in [5, 5.41) is 16.9. The van der Waals surface area contributed by atoms with Gasteiger partial charge < -0.3 is 10.5 Å². The Balaban J connectivity index is 0. The molecule has 0 amide bonds. The lowest BCUT2D eigenvalue weighted by Gasteiger charge is -1.95. The number of nitrogens with zero attached hydrogens (tertiary/aromatic N) is 1. The molecular weight excluding hydrogens is 148 g/mol. The maximum Gasteiger partial charge on any atom is 0.291 e. The van der Waals surface area contributed by atoms with Crippen LogP contribution < -0.4 is 5.32 Å². The summed E-state index contributed by atoms with van der Waals surface area (Å²) in [5.74, 6) is 0. The SMILES string of the molecule is CCCNCCC.O=[N+]([O-])O. The largest absolute Gasteiger partial charge is 0.328 e. The lowest BCUT2D eigenvalue weighted by molar-refractivity contribution is -0.742. The van der Waals surface area contributed by atoms with Gasteiger partial charge in [-0.3, -0.25) is 0 Å². The Morgan fingerprint density at radius 3 is 1.82 bits per heavy atom. The lowest BCUT2D eigenvalue weighted by atomic mass is 10.4. The van der Waals surface area contributed by atoms with Crippen molar-refractivity contribution in [3.63, 3.8) is 0 Å². The van der Waals surface area contributed by atoms with Gasteiger partial charge in [-0.1, -0.05) is 13.8 Å². The van der Waals surface area contributed by atoms with E-state index in [-0.39, 0.29) is 0 Å². The fourth-order valence-electron chi connectivity index (χ4n) is 0.479. The molecule has 0 spiro atoms. The first-order valence-electron chi connectivity index (χ1n) is 3.69. The van der Waals surface area contributed by atoms with Crippen LogP contribution in [0.4, 0.5) is 0 Å². The molecule has 0 aliphatic rings. The first-order chi connectivity index (χ1) is 5.15. The predicted octanol–water partition coefficient (Wildman–Crippen LogP) is 1.05. The molecule has 0 radical (unpaired) electrons. The van der Waals surface area contributed by atoms with Gasteiger partial charge in [-0.25, -0.2) is 0 Å². The van der Waals surface area contributed by atoms with Gasteiger partial charge >= 0.3 is 0 Å². The second kappa shape index (κ2) is 11.9. The Hall–Kier alpha value is -0.840. The Bertz CT molecular complexity index is 79.9. The van der Waals surface area contributed by atoms with E-state index < -0.39 is 5.09 Å². The predicted molar refractivity (Wildman–Crippen MR) is 42.2 cm³/mol. The monoisotopic (exact) mass is 164 g/mol.